The molecule has 5 nitrogen and oxygen atoms in total. The topological polar surface area (TPSA) is 59.8 Å². The Morgan fingerprint density at radius 2 is 1.93 bits per heavy atom. The van der Waals surface area contributed by atoms with Gasteiger partial charge >= 0.3 is 0 Å². The Balaban J connectivity index is 1.55. The molecule has 1 amide bonds. The van der Waals surface area contributed by atoms with E-state index in [0.717, 1.165) is 35.3 Å². The number of hydrogen-bond donors (Lipinski definition) is 1. The van der Waals surface area contributed by atoms with E-state index in [1.807, 2.05) is 38.2 Å². The molecule has 5 rings (SSSR count). The third kappa shape index (κ3) is 3.01. The van der Waals surface area contributed by atoms with E-state index in [9.17, 15) is 4.79 Å². The predicted octanol–water partition coefficient (Wildman–Crippen LogP) is 4.04. The number of fused-ring (bicyclic) bond motifs is 1. The molecule has 2 heterocycles. The standard InChI is InChI=1S/C22H24N4O/c1-13-19-17(12-18(14-8-9-14)23-21(19)26(2)25-13)22(27)24-20(16-10-11-16)15-6-4-3-5-7-15/h3-7,12,14,16,20H,8-11H2,1-2H3,(H,24,27). The summed E-state index contributed by atoms with van der Waals surface area (Å²) in [6.45, 7) is 1.95. The van der Waals surface area contributed by atoms with Gasteiger partial charge in [0.2, 0.25) is 0 Å². The van der Waals surface area contributed by atoms with Crippen LogP contribution in [0.4, 0.5) is 0 Å². The lowest BCUT2D eigenvalue weighted by Crippen LogP contribution is -2.30. The largest absolute Gasteiger partial charge is 0.345 e. The number of aromatic nitrogens is 3. The maximum atomic E-state index is 13.4. The Labute approximate surface area is 158 Å². The number of aryl methyl sites for hydroxylation is 2. The van der Waals surface area contributed by atoms with Gasteiger partial charge in [-0.15, -0.1) is 0 Å². The summed E-state index contributed by atoms with van der Waals surface area (Å²) in [6, 6.07) is 12.4. The van der Waals surface area contributed by atoms with Crippen LogP contribution in [0.15, 0.2) is 36.4 Å². The second kappa shape index (κ2) is 6.19. The zero-order valence-corrected chi connectivity index (χ0v) is 15.8. The van der Waals surface area contributed by atoms with Gasteiger partial charge in [0.05, 0.1) is 22.7 Å². The molecule has 3 aromatic rings. The van der Waals surface area contributed by atoms with Gasteiger partial charge in [-0.3, -0.25) is 9.48 Å². The van der Waals surface area contributed by atoms with Gasteiger partial charge in [-0.1, -0.05) is 30.3 Å². The molecule has 2 aromatic heterocycles. The quantitative estimate of drug-likeness (QED) is 0.747. The second-order valence-electron chi connectivity index (χ2n) is 7.98. The molecule has 2 aliphatic carbocycles. The number of amides is 1. The van der Waals surface area contributed by atoms with E-state index in [2.05, 4.69) is 22.5 Å². The van der Waals surface area contributed by atoms with Gasteiger partial charge in [-0.05, 0) is 50.2 Å². The lowest BCUT2D eigenvalue weighted by molar-refractivity contribution is 0.0933. The highest BCUT2D eigenvalue weighted by atomic mass is 16.1. The van der Waals surface area contributed by atoms with Crippen molar-refractivity contribution in [3.63, 3.8) is 0 Å². The van der Waals surface area contributed by atoms with Gasteiger partial charge < -0.3 is 5.32 Å². The summed E-state index contributed by atoms with van der Waals surface area (Å²) >= 11 is 0. The minimum absolute atomic E-state index is 0.0128. The van der Waals surface area contributed by atoms with Crippen LogP contribution < -0.4 is 5.32 Å². The number of carbonyl (C=O) groups is 1. The fraction of sp³-hybridized carbons (Fsp3) is 0.409. The molecule has 1 atom stereocenters. The van der Waals surface area contributed by atoms with Crippen molar-refractivity contribution >= 4 is 16.9 Å². The number of hydrogen-bond acceptors (Lipinski definition) is 3. The molecule has 1 N–H and O–H groups in total. The van der Waals surface area contributed by atoms with Crippen molar-refractivity contribution in [2.24, 2.45) is 13.0 Å². The lowest BCUT2D eigenvalue weighted by Gasteiger charge is -2.19. The van der Waals surface area contributed by atoms with Crippen molar-refractivity contribution in [1.82, 2.24) is 20.1 Å². The SMILES string of the molecule is Cc1nn(C)c2nc(C3CC3)cc(C(=O)NC(c3ccccc3)C3CC3)c12. The van der Waals surface area contributed by atoms with E-state index in [0.29, 0.717) is 17.4 Å². The molecule has 0 saturated heterocycles. The zero-order valence-electron chi connectivity index (χ0n) is 15.8. The average Bonchev–Trinajstić information content (AvgIpc) is 3.58. The number of pyridine rings is 1. The first-order valence-electron chi connectivity index (χ1n) is 9.82. The van der Waals surface area contributed by atoms with Gasteiger partial charge in [0.15, 0.2) is 5.65 Å². The van der Waals surface area contributed by atoms with Crippen LogP contribution in [0.1, 0.15) is 65.0 Å². The molecule has 2 aliphatic rings. The molecule has 2 fully saturated rings. The highest BCUT2D eigenvalue weighted by Gasteiger charge is 2.34. The van der Waals surface area contributed by atoms with Crippen LogP contribution in [0.25, 0.3) is 11.0 Å². The molecule has 2 saturated carbocycles. The van der Waals surface area contributed by atoms with Crippen molar-refractivity contribution in [3.05, 3.63) is 58.9 Å². The van der Waals surface area contributed by atoms with Crippen LogP contribution in [0, 0.1) is 12.8 Å². The van der Waals surface area contributed by atoms with Gasteiger partial charge in [0.1, 0.15) is 0 Å². The Hall–Kier alpha value is -2.69. The molecule has 1 unspecified atom stereocenters. The third-order valence-corrected chi connectivity index (χ3v) is 5.77. The molecular formula is C22H24N4O. The van der Waals surface area contributed by atoms with Gasteiger partial charge in [0.25, 0.3) is 5.91 Å². The smallest absolute Gasteiger partial charge is 0.252 e. The van der Waals surface area contributed by atoms with E-state index in [1.54, 1.807) is 4.68 Å². The molecule has 5 heteroatoms. The summed E-state index contributed by atoms with van der Waals surface area (Å²) < 4.78 is 1.79. The molecule has 1 aromatic carbocycles. The lowest BCUT2D eigenvalue weighted by atomic mass is 10.0. The highest BCUT2D eigenvalue weighted by molar-refractivity contribution is 6.06. The van der Waals surface area contributed by atoms with E-state index < -0.39 is 0 Å². The summed E-state index contributed by atoms with van der Waals surface area (Å²) in [6.07, 6.45) is 4.66. The summed E-state index contributed by atoms with van der Waals surface area (Å²) in [4.78, 5) is 18.2. The van der Waals surface area contributed by atoms with Crippen LogP contribution in [0.5, 0.6) is 0 Å². The number of nitrogens with zero attached hydrogens (tertiary/aromatic N) is 3. The maximum absolute atomic E-state index is 13.4. The molecule has 0 spiro atoms. The molecular weight excluding hydrogens is 336 g/mol. The second-order valence-corrected chi connectivity index (χ2v) is 7.98. The highest BCUT2D eigenvalue weighted by Crippen LogP contribution is 2.42. The molecule has 138 valence electrons. The monoisotopic (exact) mass is 360 g/mol. The minimum atomic E-state index is -0.0128. The van der Waals surface area contributed by atoms with E-state index in [1.165, 1.54) is 18.4 Å². The fourth-order valence-corrected chi connectivity index (χ4v) is 4.01. The van der Waals surface area contributed by atoms with Crippen LogP contribution in [0.3, 0.4) is 0 Å². The number of carbonyl (C=O) groups excluding carboxylic acids is 1. The predicted molar refractivity (Wildman–Crippen MR) is 105 cm³/mol. The first-order valence-corrected chi connectivity index (χ1v) is 9.82. The Morgan fingerprint density at radius 3 is 2.59 bits per heavy atom. The first-order chi connectivity index (χ1) is 13.1. The molecule has 0 bridgehead atoms. The number of nitrogens with one attached hydrogen (secondary N) is 1. The van der Waals surface area contributed by atoms with Crippen molar-refractivity contribution < 1.29 is 4.79 Å². The fourth-order valence-electron chi connectivity index (χ4n) is 4.01. The molecule has 27 heavy (non-hydrogen) atoms. The molecule has 0 aliphatic heterocycles. The van der Waals surface area contributed by atoms with Gasteiger partial charge in [-0.2, -0.15) is 5.10 Å². The normalized spacial score (nSPS) is 17.9. The third-order valence-electron chi connectivity index (χ3n) is 5.77. The van der Waals surface area contributed by atoms with E-state index >= 15 is 0 Å². The van der Waals surface area contributed by atoms with Crippen molar-refractivity contribution in [1.29, 1.82) is 0 Å². The van der Waals surface area contributed by atoms with Crippen LogP contribution in [-0.2, 0) is 7.05 Å². The van der Waals surface area contributed by atoms with Crippen LogP contribution in [0.2, 0.25) is 0 Å². The van der Waals surface area contributed by atoms with Crippen molar-refractivity contribution in [2.45, 2.75) is 44.6 Å². The summed E-state index contributed by atoms with van der Waals surface area (Å²) in [5.74, 6) is 1.01. The number of rotatable bonds is 5. The van der Waals surface area contributed by atoms with Gasteiger partial charge in [0, 0.05) is 18.7 Å². The molecule has 0 radical (unpaired) electrons. The summed E-state index contributed by atoms with van der Waals surface area (Å²) in [7, 11) is 1.90. The van der Waals surface area contributed by atoms with E-state index in [-0.39, 0.29) is 11.9 Å². The Morgan fingerprint density at radius 1 is 1.19 bits per heavy atom. The van der Waals surface area contributed by atoms with E-state index in [4.69, 9.17) is 4.98 Å². The summed E-state index contributed by atoms with van der Waals surface area (Å²) in [5, 5.41) is 8.71. The van der Waals surface area contributed by atoms with Gasteiger partial charge in [-0.25, -0.2) is 4.98 Å². The Kier molecular flexibility index (Phi) is 3.78. The first kappa shape index (κ1) is 16.5. The minimum Gasteiger partial charge on any atom is -0.345 e. The maximum Gasteiger partial charge on any atom is 0.252 e. The van der Waals surface area contributed by atoms with Crippen molar-refractivity contribution in [2.75, 3.05) is 0 Å². The van der Waals surface area contributed by atoms with Crippen LogP contribution >= 0.6 is 0 Å². The summed E-state index contributed by atoms with van der Waals surface area (Å²) in [5.41, 5.74) is 4.59. The zero-order chi connectivity index (χ0) is 18.5. The van der Waals surface area contributed by atoms with Crippen molar-refractivity contribution in [3.8, 4) is 0 Å². The van der Waals surface area contributed by atoms with Crippen LogP contribution in [-0.4, -0.2) is 20.7 Å². The number of benzene rings is 1. The average molecular weight is 360 g/mol. The Bertz CT molecular complexity index is 1020.